The topological polar surface area (TPSA) is 112 Å². The van der Waals surface area contributed by atoms with Crippen LogP contribution in [0.25, 0.3) is 0 Å². The van der Waals surface area contributed by atoms with Gasteiger partial charge >= 0.3 is 12.1 Å². The van der Waals surface area contributed by atoms with Gasteiger partial charge in [0, 0.05) is 6.54 Å². The largest absolute Gasteiger partial charge is 0.481 e. The van der Waals surface area contributed by atoms with Gasteiger partial charge in [0.2, 0.25) is 0 Å². The van der Waals surface area contributed by atoms with Crippen LogP contribution >= 0.6 is 0 Å². The van der Waals surface area contributed by atoms with Crippen molar-refractivity contribution in [2.45, 2.75) is 35.4 Å². The number of rotatable bonds is 4. The van der Waals surface area contributed by atoms with Gasteiger partial charge in [0.1, 0.15) is 0 Å². The molecule has 1 saturated carbocycles. The maximum absolute atomic E-state index is 12.6. The molecule has 0 bridgehead atoms. The molecule has 8 heteroatoms. The van der Waals surface area contributed by atoms with Gasteiger partial charge in [-0.3, -0.25) is 4.79 Å². The number of carboxylic acid groups (broad SMARTS) is 2. The molecule has 1 aromatic carbocycles. The first-order valence-electron chi connectivity index (χ1n) is 7.39. The van der Waals surface area contributed by atoms with E-state index >= 15 is 0 Å². The van der Waals surface area contributed by atoms with E-state index in [0.29, 0.717) is 12.8 Å². The highest BCUT2D eigenvalue weighted by molar-refractivity contribution is 7.92. The first kappa shape index (κ1) is 15.8. The van der Waals surface area contributed by atoms with Crippen LogP contribution in [0.5, 0.6) is 0 Å². The molecule has 2 atom stereocenters. The lowest BCUT2D eigenvalue weighted by Crippen LogP contribution is -2.33. The number of benzene rings is 1. The Bertz CT molecular complexity index is 733. The standard InChI is InChI=1S/C15H17NO6S/c17-14(18)11-7-8-16(15(19)20)13(11)10-3-1-2-4-12(10)23(21,22)9-5-6-9/h1-4,9,11,13H,5-8H2,(H,17,18)(H,19,20). The molecule has 1 aliphatic carbocycles. The van der Waals surface area contributed by atoms with E-state index in [1.54, 1.807) is 12.1 Å². The Hall–Kier alpha value is -2.09. The van der Waals surface area contributed by atoms with Gasteiger partial charge < -0.3 is 15.1 Å². The monoisotopic (exact) mass is 339 g/mol. The second kappa shape index (κ2) is 5.52. The van der Waals surface area contributed by atoms with Crippen molar-refractivity contribution in [1.29, 1.82) is 0 Å². The van der Waals surface area contributed by atoms with E-state index in [1.807, 2.05) is 0 Å². The zero-order chi connectivity index (χ0) is 16.8. The molecular formula is C15H17NO6S. The zero-order valence-electron chi connectivity index (χ0n) is 12.3. The average molecular weight is 339 g/mol. The summed E-state index contributed by atoms with van der Waals surface area (Å²) in [6, 6.07) is 5.18. The minimum atomic E-state index is -3.54. The van der Waals surface area contributed by atoms with Crippen LogP contribution in [0, 0.1) is 5.92 Å². The molecule has 0 aromatic heterocycles. The Morgan fingerprint density at radius 3 is 2.30 bits per heavy atom. The molecule has 1 aromatic rings. The lowest BCUT2D eigenvalue weighted by atomic mass is 9.94. The summed E-state index contributed by atoms with van der Waals surface area (Å²) in [5.41, 5.74) is 0.270. The normalized spacial score (nSPS) is 24.6. The van der Waals surface area contributed by atoms with Crippen molar-refractivity contribution in [3.05, 3.63) is 29.8 Å². The Morgan fingerprint density at radius 2 is 1.74 bits per heavy atom. The highest BCUT2D eigenvalue weighted by Crippen LogP contribution is 2.43. The van der Waals surface area contributed by atoms with Crippen LogP contribution < -0.4 is 0 Å². The molecule has 1 saturated heterocycles. The molecule has 2 unspecified atom stereocenters. The summed E-state index contributed by atoms with van der Waals surface area (Å²) in [6.07, 6.45) is 0.111. The van der Waals surface area contributed by atoms with Gasteiger partial charge in [-0.05, 0) is 30.9 Å². The van der Waals surface area contributed by atoms with Gasteiger partial charge in [-0.2, -0.15) is 0 Å². The Morgan fingerprint density at radius 1 is 1.09 bits per heavy atom. The van der Waals surface area contributed by atoms with Gasteiger partial charge in [0.05, 0.1) is 22.1 Å². The van der Waals surface area contributed by atoms with Crippen LogP contribution in [-0.2, 0) is 14.6 Å². The predicted molar refractivity (Wildman–Crippen MR) is 79.9 cm³/mol. The lowest BCUT2D eigenvalue weighted by Gasteiger charge is -2.26. The van der Waals surface area contributed by atoms with Crippen molar-refractivity contribution >= 4 is 21.9 Å². The van der Waals surface area contributed by atoms with E-state index in [0.717, 1.165) is 4.90 Å². The number of aliphatic carboxylic acids is 1. The molecule has 2 aliphatic rings. The number of likely N-dealkylation sites (tertiary alicyclic amines) is 1. The van der Waals surface area contributed by atoms with Gasteiger partial charge in [-0.1, -0.05) is 18.2 Å². The van der Waals surface area contributed by atoms with Gasteiger partial charge in [0.25, 0.3) is 0 Å². The molecule has 1 aliphatic heterocycles. The molecule has 0 spiro atoms. The molecule has 1 amide bonds. The molecule has 2 N–H and O–H groups in total. The van der Waals surface area contributed by atoms with Crippen molar-refractivity contribution in [1.82, 2.24) is 4.90 Å². The van der Waals surface area contributed by atoms with E-state index in [1.165, 1.54) is 12.1 Å². The fraction of sp³-hybridized carbons (Fsp3) is 0.467. The quantitative estimate of drug-likeness (QED) is 0.864. The third-order valence-electron chi connectivity index (χ3n) is 4.47. The number of hydrogen-bond acceptors (Lipinski definition) is 4. The molecule has 23 heavy (non-hydrogen) atoms. The molecule has 7 nitrogen and oxygen atoms in total. The molecule has 2 fully saturated rings. The third kappa shape index (κ3) is 2.67. The van der Waals surface area contributed by atoms with Crippen molar-refractivity contribution in [3.8, 4) is 0 Å². The maximum Gasteiger partial charge on any atom is 0.407 e. The Kier molecular flexibility index (Phi) is 3.79. The van der Waals surface area contributed by atoms with Crippen LogP contribution in [0.1, 0.15) is 30.9 Å². The summed E-state index contributed by atoms with van der Waals surface area (Å²) < 4.78 is 25.2. The van der Waals surface area contributed by atoms with Crippen molar-refractivity contribution < 1.29 is 28.2 Å². The van der Waals surface area contributed by atoms with E-state index < -0.39 is 39.1 Å². The number of carboxylic acids is 1. The summed E-state index contributed by atoms with van der Waals surface area (Å²) in [5.74, 6) is -2.06. The van der Waals surface area contributed by atoms with Crippen molar-refractivity contribution in [3.63, 3.8) is 0 Å². The first-order chi connectivity index (χ1) is 10.8. The first-order valence-corrected chi connectivity index (χ1v) is 8.94. The minimum absolute atomic E-state index is 0.0619. The van der Waals surface area contributed by atoms with Crippen LogP contribution in [0.2, 0.25) is 0 Å². The number of hydrogen-bond donors (Lipinski definition) is 2. The summed E-state index contributed by atoms with van der Waals surface area (Å²) in [7, 11) is -3.54. The second-order valence-electron chi connectivity index (χ2n) is 5.94. The van der Waals surface area contributed by atoms with Crippen LogP contribution in [0.3, 0.4) is 0 Å². The number of amides is 1. The average Bonchev–Trinajstić information content (AvgIpc) is 3.26. The SMILES string of the molecule is O=C(O)C1CCN(C(=O)O)C1c1ccccc1S(=O)(=O)C1CC1. The van der Waals surface area contributed by atoms with Crippen LogP contribution in [0.4, 0.5) is 4.79 Å². The Balaban J connectivity index is 2.12. The summed E-state index contributed by atoms with van der Waals surface area (Å²) in [6.45, 7) is 0.0782. The van der Waals surface area contributed by atoms with E-state index in [9.17, 15) is 28.2 Å². The minimum Gasteiger partial charge on any atom is -0.481 e. The van der Waals surface area contributed by atoms with Gasteiger partial charge in [0.15, 0.2) is 9.84 Å². The van der Waals surface area contributed by atoms with Crippen molar-refractivity contribution in [2.24, 2.45) is 5.92 Å². The lowest BCUT2D eigenvalue weighted by molar-refractivity contribution is -0.142. The summed E-state index contributed by atoms with van der Waals surface area (Å²) in [5, 5.41) is 18.3. The number of carbonyl (C=O) groups is 2. The predicted octanol–water partition coefficient (Wildman–Crippen LogP) is 1.75. The smallest absolute Gasteiger partial charge is 0.407 e. The molecule has 3 rings (SSSR count). The fourth-order valence-electron chi connectivity index (χ4n) is 3.19. The molecule has 0 radical (unpaired) electrons. The van der Waals surface area contributed by atoms with Crippen molar-refractivity contribution in [2.75, 3.05) is 6.54 Å². The number of sulfone groups is 1. The van der Waals surface area contributed by atoms with Crippen LogP contribution in [0.15, 0.2) is 29.2 Å². The summed E-state index contributed by atoms with van der Waals surface area (Å²) in [4.78, 5) is 24.0. The molecular weight excluding hydrogens is 322 g/mol. The fourth-order valence-corrected chi connectivity index (χ4v) is 5.09. The van der Waals surface area contributed by atoms with Gasteiger partial charge in [-0.25, -0.2) is 13.2 Å². The Labute approximate surface area is 133 Å². The molecule has 1 heterocycles. The van der Waals surface area contributed by atoms with E-state index in [2.05, 4.69) is 0 Å². The highest BCUT2D eigenvalue weighted by atomic mass is 32.2. The maximum atomic E-state index is 12.6. The highest BCUT2D eigenvalue weighted by Gasteiger charge is 2.46. The molecule has 124 valence electrons. The van der Waals surface area contributed by atoms with Crippen LogP contribution in [-0.4, -0.2) is 47.4 Å². The summed E-state index contributed by atoms with van der Waals surface area (Å²) >= 11 is 0. The van der Waals surface area contributed by atoms with Gasteiger partial charge in [-0.15, -0.1) is 0 Å². The third-order valence-corrected chi connectivity index (χ3v) is 6.80. The second-order valence-corrected chi connectivity index (χ2v) is 8.13. The number of nitrogens with zero attached hydrogens (tertiary/aromatic N) is 1. The van der Waals surface area contributed by atoms with E-state index in [4.69, 9.17) is 0 Å². The zero-order valence-corrected chi connectivity index (χ0v) is 13.1. The van der Waals surface area contributed by atoms with E-state index in [-0.39, 0.29) is 23.4 Å².